The molecular weight excluding hydrogens is 342 g/mol. The summed E-state index contributed by atoms with van der Waals surface area (Å²) in [6.45, 7) is 2.83. The van der Waals surface area contributed by atoms with E-state index in [0.717, 1.165) is 34.0 Å². The number of hydrogen-bond acceptors (Lipinski definition) is 3. The second-order valence-electron chi connectivity index (χ2n) is 5.02. The number of hydrogen-bond donors (Lipinski definition) is 1. The molecule has 0 unspecified atom stereocenters. The number of aromatic nitrogens is 1. The van der Waals surface area contributed by atoms with Crippen LogP contribution in [0, 0.1) is 0 Å². The summed E-state index contributed by atoms with van der Waals surface area (Å²) in [5.74, 6) is 0.170. The van der Waals surface area contributed by atoms with Crippen LogP contribution in [0.15, 0.2) is 63.2 Å². The summed E-state index contributed by atoms with van der Waals surface area (Å²) in [7, 11) is 0. The minimum absolute atomic E-state index is 0.170. The minimum Gasteiger partial charge on any atom is -0.493 e. The van der Waals surface area contributed by atoms with Gasteiger partial charge in [0.1, 0.15) is 0 Å². The summed E-state index contributed by atoms with van der Waals surface area (Å²) >= 11 is 3.39. The Morgan fingerprint density at radius 1 is 1.05 bits per heavy atom. The molecule has 0 aliphatic rings. The highest BCUT2D eigenvalue weighted by atomic mass is 79.9. The number of fused-ring (bicyclic) bond motifs is 1. The van der Waals surface area contributed by atoms with E-state index < -0.39 is 0 Å². The highest BCUT2D eigenvalue weighted by Crippen LogP contribution is 2.39. The maximum absolute atomic E-state index is 10.5. The Balaban J connectivity index is 2.06. The van der Waals surface area contributed by atoms with E-state index in [1.165, 1.54) is 0 Å². The van der Waals surface area contributed by atoms with Crippen molar-refractivity contribution >= 4 is 38.2 Å². The molecule has 0 bridgehead atoms. The molecule has 0 aliphatic heterocycles. The number of nitrogens with zero attached hydrogens (tertiary/aromatic N) is 3. The predicted octanol–water partition coefficient (Wildman–Crippen LogP) is 5.93. The molecule has 4 nitrogen and oxygen atoms in total. The molecule has 1 aromatic heterocycles. The smallest absolute Gasteiger partial charge is 0.220 e. The van der Waals surface area contributed by atoms with Crippen LogP contribution in [0.2, 0.25) is 0 Å². The first kappa shape index (κ1) is 14.8. The molecule has 0 fully saturated rings. The van der Waals surface area contributed by atoms with Gasteiger partial charge in [-0.15, -0.1) is 5.11 Å². The molecule has 0 atom stereocenters. The largest absolute Gasteiger partial charge is 0.493 e. The Morgan fingerprint density at radius 3 is 2.50 bits per heavy atom. The van der Waals surface area contributed by atoms with Crippen molar-refractivity contribution in [2.45, 2.75) is 19.9 Å². The van der Waals surface area contributed by atoms with Gasteiger partial charge < -0.3 is 9.67 Å². The van der Waals surface area contributed by atoms with Crippen molar-refractivity contribution in [2.75, 3.05) is 0 Å². The Bertz CT molecular complexity index is 822. The Labute approximate surface area is 137 Å². The number of aromatic hydroxyl groups is 1. The van der Waals surface area contributed by atoms with E-state index in [9.17, 15) is 5.11 Å². The maximum atomic E-state index is 10.5. The lowest BCUT2D eigenvalue weighted by Crippen LogP contribution is -1.94. The van der Waals surface area contributed by atoms with Crippen molar-refractivity contribution in [2.24, 2.45) is 10.2 Å². The lowest BCUT2D eigenvalue weighted by Gasteiger charge is -2.03. The second-order valence-corrected chi connectivity index (χ2v) is 5.93. The number of azo groups is 1. The van der Waals surface area contributed by atoms with Gasteiger partial charge in [0, 0.05) is 16.4 Å². The van der Waals surface area contributed by atoms with Crippen molar-refractivity contribution in [1.29, 1.82) is 0 Å². The highest BCUT2D eigenvalue weighted by Gasteiger charge is 2.15. The maximum Gasteiger partial charge on any atom is 0.220 e. The first-order valence-corrected chi connectivity index (χ1v) is 7.97. The van der Waals surface area contributed by atoms with Crippen LogP contribution < -0.4 is 0 Å². The normalized spacial score (nSPS) is 11.5. The standard InChI is InChI=1S/C17H16BrN3O/c1-2-11-21-15-6-4-3-5-14(15)16(17(21)22)20-19-13-9-7-12(18)8-10-13/h3-10,22H,2,11H2,1H3. The van der Waals surface area contributed by atoms with Crippen LogP contribution in [0.3, 0.4) is 0 Å². The molecule has 0 spiro atoms. The zero-order valence-electron chi connectivity index (χ0n) is 12.2. The first-order chi connectivity index (χ1) is 10.7. The van der Waals surface area contributed by atoms with Gasteiger partial charge in [-0.3, -0.25) is 0 Å². The molecule has 1 heterocycles. The summed E-state index contributed by atoms with van der Waals surface area (Å²) in [6.07, 6.45) is 0.940. The molecule has 0 amide bonds. The number of para-hydroxylation sites is 1. The van der Waals surface area contributed by atoms with Crippen molar-refractivity contribution < 1.29 is 5.11 Å². The predicted molar refractivity (Wildman–Crippen MR) is 92.2 cm³/mol. The van der Waals surface area contributed by atoms with Gasteiger partial charge in [0.05, 0.1) is 11.2 Å². The third kappa shape index (κ3) is 2.76. The molecule has 0 radical (unpaired) electrons. The van der Waals surface area contributed by atoms with Gasteiger partial charge in [0.25, 0.3) is 0 Å². The molecule has 5 heteroatoms. The minimum atomic E-state index is 0.170. The van der Waals surface area contributed by atoms with E-state index >= 15 is 0 Å². The molecule has 3 rings (SSSR count). The number of aryl methyl sites for hydroxylation is 1. The average Bonchev–Trinajstić information content (AvgIpc) is 2.80. The van der Waals surface area contributed by atoms with E-state index in [1.807, 2.05) is 53.1 Å². The number of benzene rings is 2. The lowest BCUT2D eigenvalue weighted by molar-refractivity contribution is 0.421. The van der Waals surface area contributed by atoms with Crippen LogP contribution in [-0.4, -0.2) is 9.67 Å². The zero-order chi connectivity index (χ0) is 15.5. The van der Waals surface area contributed by atoms with Crippen LogP contribution in [0.5, 0.6) is 5.88 Å². The summed E-state index contributed by atoms with van der Waals surface area (Å²) in [5, 5.41) is 19.9. The Kier molecular flexibility index (Phi) is 4.24. The van der Waals surface area contributed by atoms with Crippen LogP contribution in [0.4, 0.5) is 11.4 Å². The van der Waals surface area contributed by atoms with Gasteiger partial charge in [0.2, 0.25) is 5.88 Å². The van der Waals surface area contributed by atoms with E-state index in [1.54, 1.807) is 0 Å². The zero-order valence-corrected chi connectivity index (χ0v) is 13.8. The summed E-state index contributed by atoms with van der Waals surface area (Å²) in [4.78, 5) is 0. The van der Waals surface area contributed by atoms with Crippen LogP contribution in [-0.2, 0) is 6.54 Å². The van der Waals surface area contributed by atoms with Crippen LogP contribution >= 0.6 is 15.9 Å². The van der Waals surface area contributed by atoms with Crippen molar-refractivity contribution in [3.8, 4) is 5.88 Å². The van der Waals surface area contributed by atoms with Gasteiger partial charge in [-0.1, -0.05) is 41.1 Å². The van der Waals surface area contributed by atoms with Crippen LogP contribution in [0.1, 0.15) is 13.3 Å². The molecule has 0 saturated heterocycles. The average molecular weight is 358 g/mol. The fraction of sp³-hybridized carbons (Fsp3) is 0.176. The van der Waals surface area contributed by atoms with E-state index in [2.05, 4.69) is 33.1 Å². The molecule has 2 aromatic carbocycles. The Morgan fingerprint density at radius 2 is 1.77 bits per heavy atom. The second kappa shape index (κ2) is 6.32. The topological polar surface area (TPSA) is 49.9 Å². The molecule has 22 heavy (non-hydrogen) atoms. The molecular formula is C17H16BrN3O. The van der Waals surface area contributed by atoms with Gasteiger partial charge in [-0.25, -0.2) is 0 Å². The third-order valence-electron chi connectivity index (χ3n) is 3.46. The third-order valence-corrected chi connectivity index (χ3v) is 3.99. The monoisotopic (exact) mass is 357 g/mol. The molecule has 112 valence electrons. The number of rotatable bonds is 4. The van der Waals surface area contributed by atoms with E-state index in [0.29, 0.717) is 5.69 Å². The summed E-state index contributed by atoms with van der Waals surface area (Å²) in [5.41, 5.74) is 2.24. The molecule has 1 N–H and O–H groups in total. The van der Waals surface area contributed by atoms with Crippen LogP contribution in [0.25, 0.3) is 10.9 Å². The first-order valence-electron chi connectivity index (χ1n) is 7.18. The Hall–Kier alpha value is -2.14. The fourth-order valence-corrected chi connectivity index (χ4v) is 2.70. The highest BCUT2D eigenvalue weighted by molar-refractivity contribution is 9.10. The summed E-state index contributed by atoms with van der Waals surface area (Å²) < 4.78 is 2.87. The lowest BCUT2D eigenvalue weighted by atomic mass is 10.2. The van der Waals surface area contributed by atoms with Gasteiger partial charge in [-0.05, 0) is 36.8 Å². The number of halogens is 1. The van der Waals surface area contributed by atoms with E-state index in [4.69, 9.17) is 0 Å². The van der Waals surface area contributed by atoms with Gasteiger partial charge in [0.15, 0.2) is 5.69 Å². The molecule has 3 aromatic rings. The quantitative estimate of drug-likeness (QED) is 0.577. The SMILES string of the molecule is CCCn1c(O)c(N=Nc2ccc(Br)cc2)c2ccccc21. The molecule has 0 saturated carbocycles. The van der Waals surface area contributed by atoms with Crippen molar-refractivity contribution in [3.05, 3.63) is 53.0 Å². The van der Waals surface area contributed by atoms with Crippen molar-refractivity contribution in [3.63, 3.8) is 0 Å². The van der Waals surface area contributed by atoms with Crippen molar-refractivity contribution in [1.82, 2.24) is 4.57 Å². The van der Waals surface area contributed by atoms with Gasteiger partial charge in [-0.2, -0.15) is 5.11 Å². The fourth-order valence-electron chi connectivity index (χ4n) is 2.44. The van der Waals surface area contributed by atoms with E-state index in [-0.39, 0.29) is 5.88 Å². The summed E-state index contributed by atoms with van der Waals surface area (Å²) in [6, 6.07) is 15.4. The molecule has 0 aliphatic carbocycles. The van der Waals surface area contributed by atoms with Gasteiger partial charge >= 0.3 is 0 Å².